The Balaban J connectivity index is 2.47. The molecule has 0 heterocycles. The van der Waals surface area contributed by atoms with Crippen molar-refractivity contribution in [2.75, 3.05) is 5.73 Å². The molecule has 0 bridgehead atoms. The summed E-state index contributed by atoms with van der Waals surface area (Å²) in [5, 5.41) is 0. The summed E-state index contributed by atoms with van der Waals surface area (Å²) in [6, 6.07) is 13.2. The largest absolute Gasteiger partial charge is 0.398 e. The van der Waals surface area contributed by atoms with E-state index in [1.807, 2.05) is 18.2 Å². The van der Waals surface area contributed by atoms with Gasteiger partial charge in [-0.3, -0.25) is 4.55 Å². The molecule has 0 spiro atoms. The molecule has 2 aromatic rings. The molecule has 0 radical (unpaired) electrons. The fourth-order valence-electron chi connectivity index (χ4n) is 1.57. The molecule has 0 unspecified atom stereocenters. The Kier molecular flexibility index (Phi) is 2.87. The lowest BCUT2D eigenvalue weighted by Gasteiger charge is -2.05. The van der Waals surface area contributed by atoms with Crippen molar-refractivity contribution in [3.05, 3.63) is 48.5 Å². The molecule has 0 saturated carbocycles. The summed E-state index contributed by atoms with van der Waals surface area (Å²) < 4.78 is 30.6. The Bertz CT molecular complexity index is 633. The molecule has 0 aromatic heterocycles. The van der Waals surface area contributed by atoms with Crippen molar-refractivity contribution in [3.8, 4) is 11.1 Å². The smallest absolute Gasteiger partial charge is 0.294 e. The first-order valence-electron chi connectivity index (χ1n) is 4.91. The summed E-state index contributed by atoms with van der Waals surface area (Å²) in [7, 11) is -4.14. The van der Waals surface area contributed by atoms with E-state index in [9.17, 15) is 8.42 Å². The van der Waals surface area contributed by atoms with E-state index in [-0.39, 0.29) is 4.90 Å². The summed E-state index contributed by atoms with van der Waals surface area (Å²) in [4.78, 5) is -0.129. The van der Waals surface area contributed by atoms with E-state index >= 15 is 0 Å². The van der Waals surface area contributed by atoms with Crippen molar-refractivity contribution >= 4 is 15.8 Å². The van der Waals surface area contributed by atoms with E-state index in [1.165, 1.54) is 12.1 Å². The lowest BCUT2D eigenvalue weighted by Crippen LogP contribution is -1.97. The molecular formula is C12H11NO3S. The molecule has 88 valence electrons. The average Bonchev–Trinajstić information content (AvgIpc) is 2.29. The standard InChI is InChI=1S/C12H11NO3S/c13-12-4-2-1-3-11(12)9-5-7-10(8-6-9)17(14,15)16/h1-8H,13H2,(H,14,15,16). The van der Waals surface area contributed by atoms with Gasteiger partial charge < -0.3 is 5.73 Å². The number of nitrogen functional groups attached to an aromatic ring is 1. The van der Waals surface area contributed by atoms with Gasteiger partial charge in [0.15, 0.2) is 0 Å². The van der Waals surface area contributed by atoms with Crippen LogP contribution in [0.25, 0.3) is 11.1 Å². The highest BCUT2D eigenvalue weighted by molar-refractivity contribution is 7.85. The fraction of sp³-hybridized carbons (Fsp3) is 0. The van der Waals surface area contributed by atoms with Crippen LogP contribution >= 0.6 is 0 Å². The molecule has 3 N–H and O–H groups in total. The number of hydrogen-bond acceptors (Lipinski definition) is 3. The highest BCUT2D eigenvalue weighted by Gasteiger charge is 2.09. The van der Waals surface area contributed by atoms with E-state index < -0.39 is 10.1 Å². The van der Waals surface area contributed by atoms with Gasteiger partial charge in [-0.25, -0.2) is 0 Å². The second-order valence-corrected chi connectivity index (χ2v) is 5.01. The van der Waals surface area contributed by atoms with Gasteiger partial charge in [-0.05, 0) is 23.8 Å². The summed E-state index contributed by atoms with van der Waals surface area (Å²) in [5.41, 5.74) is 8.06. The third-order valence-electron chi connectivity index (χ3n) is 2.42. The predicted molar refractivity (Wildman–Crippen MR) is 66.1 cm³/mol. The van der Waals surface area contributed by atoms with Crippen LogP contribution in [0.3, 0.4) is 0 Å². The van der Waals surface area contributed by atoms with Crippen LogP contribution < -0.4 is 5.73 Å². The molecule has 0 saturated heterocycles. The van der Waals surface area contributed by atoms with E-state index in [1.54, 1.807) is 18.2 Å². The van der Waals surface area contributed by atoms with Gasteiger partial charge in [-0.15, -0.1) is 0 Å². The Morgan fingerprint density at radius 3 is 2.06 bits per heavy atom. The van der Waals surface area contributed by atoms with Crippen LogP contribution in [0.1, 0.15) is 0 Å². The molecule has 0 aliphatic heterocycles. The zero-order valence-electron chi connectivity index (χ0n) is 8.87. The van der Waals surface area contributed by atoms with Gasteiger partial charge in [0.05, 0.1) is 4.90 Å². The zero-order valence-corrected chi connectivity index (χ0v) is 9.68. The first kappa shape index (κ1) is 11.6. The Morgan fingerprint density at radius 1 is 0.941 bits per heavy atom. The second kappa shape index (κ2) is 4.20. The van der Waals surface area contributed by atoms with Gasteiger partial charge in [0.1, 0.15) is 0 Å². The van der Waals surface area contributed by atoms with Gasteiger partial charge in [0, 0.05) is 11.3 Å². The number of rotatable bonds is 2. The monoisotopic (exact) mass is 249 g/mol. The molecular weight excluding hydrogens is 238 g/mol. The van der Waals surface area contributed by atoms with Gasteiger partial charge in [-0.2, -0.15) is 8.42 Å². The highest BCUT2D eigenvalue weighted by atomic mass is 32.2. The van der Waals surface area contributed by atoms with Crippen LogP contribution in [-0.4, -0.2) is 13.0 Å². The Hall–Kier alpha value is -1.85. The maximum atomic E-state index is 10.9. The Labute approximate surface area is 99.5 Å². The Morgan fingerprint density at radius 2 is 1.53 bits per heavy atom. The first-order chi connectivity index (χ1) is 7.98. The molecule has 2 rings (SSSR count). The lowest BCUT2D eigenvalue weighted by atomic mass is 10.0. The maximum absolute atomic E-state index is 10.9. The summed E-state index contributed by atoms with van der Waals surface area (Å²) in [6.45, 7) is 0. The zero-order chi connectivity index (χ0) is 12.5. The number of anilines is 1. The van der Waals surface area contributed by atoms with Crippen molar-refractivity contribution in [2.24, 2.45) is 0 Å². The minimum absolute atomic E-state index is 0.129. The number of hydrogen-bond donors (Lipinski definition) is 2. The molecule has 2 aromatic carbocycles. The van der Waals surface area contributed by atoms with Crippen molar-refractivity contribution in [3.63, 3.8) is 0 Å². The molecule has 17 heavy (non-hydrogen) atoms. The van der Waals surface area contributed by atoms with E-state index in [0.717, 1.165) is 11.1 Å². The summed E-state index contributed by atoms with van der Waals surface area (Å²) in [5.74, 6) is 0. The predicted octanol–water partition coefficient (Wildman–Crippen LogP) is 2.18. The van der Waals surface area contributed by atoms with Crippen LogP contribution in [-0.2, 0) is 10.1 Å². The second-order valence-electron chi connectivity index (χ2n) is 3.59. The van der Waals surface area contributed by atoms with E-state index in [0.29, 0.717) is 5.69 Å². The van der Waals surface area contributed by atoms with Gasteiger partial charge in [0.2, 0.25) is 0 Å². The van der Waals surface area contributed by atoms with E-state index in [4.69, 9.17) is 10.3 Å². The summed E-state index contributed by atoms with van der Waals surface area (Å²) >= 11 is 0. The average molecular weight is 249 g/mol. The van der Waals surface area contributed by atoms with Crippen LogP contribution in [0.15, 0.2) is 53.4 Å². The number of benzene rings is 2. The molecule has 5 heteroatoms. The summed E-state index contributed by atoms with van der Waals surface area (Å²) in [6.07, 6.45) is 0. The third kappa shape index (κ3) is 2.46. The molecule has 0 aliphatic carbocycles. The fourth-order valence-corrected chi connectivity index (χ4v) is 2.05. The van der Waals surface area contributed by atoms with Crippen LogP contribution in [0, 0.1) is 0 Å². The topological polar surface area (TPSA) is 80.4 Å². The number of nitrogens with two attached hydrogens (primary N) is 1. The third-order valence-corrected chi connectivity index (χ3v) is 3.29. The van der Waals surface area contributed by atoms with Gasteiger partial charge in [-0.1, -0.05) is 30.3 Å². The van der Waals surface area contributed by atoms with Crippen LogP contribution in [0.5, 0.6) is 0 Å². The molecule has 0 amide bonds. The first-order valence-corrected chi connectivity index (χ1v) is 6.35. The minimum Gasteiger partial charge on any atom is -0.398 e. The van der Waals surface area contributed by atoms with Crippen molar-refractivity contribution in [2.45, 2.75) is 4.90 Å². The normalized spacial score (nSPS) is 11.4. The SMILES string of the molecule is Nc1ccccc1-c1ccc(S(=O)(=O)O)cc1. The van der Waals surface area contributed by atoms with Crippen molar-refractivity contribution in [1.29, 1.82) is 0 Å². The molecule has 4 nitrogen and oxygen atoms in total. The maximum Gasteiger partial charge on any atom is 0.294 e. The number of para-hydroxylation sites is 1. The van der Waals surface area contributed by atoms with Crippen LogP contribution in [0.2, 0.25) is 0 Å². The molecule has 0 atom stereocenters. The minimum atomic E-state index is -4.14. The van der Waals surface area contributed by atoms with E-state index in [2.05, 4.69) is 0 Å². The quantitative estimate of drug-likeness (QED) is 0.631. The van der Waals surface area contributed by atoms with Crippen LogP contribution in [0.4, 0.5) is 5.69 Å². The molecule has 0 fully saturated rings. The van der Waals surface area contributed by atoms with Crippen molar-refractivity contribution in [1.82, 2.24) is 0 Å². The van der Waals surface area contributed by atoms with Crippen molar-refractivity contribution < 1.29 is 13.0 Å². The van der Waals surface area contributed by atoms with Gasteiger partial charge in [0.25, 0.3) is 10.1 Å². The highest BCUT2D eigenvalue weighted by Crippen LogP contribution is 2.26. The lowest BCUT2D eigenvalue weighted by molar-refractivity contribution is 0.483. The van der Waals surface area contributed by atoms with Gasteiger partial charge >= 0.3 is 0 Å². The molecule has 0 aliphatic rings.